The van der Waals surface area contributed by atoms with Crippen molar-refractivity contribution < 1.29 is 8.42 Å². The first-order valence-corrected chi connectivity index (χ1v) is 11.5. The molecule has 1 N–H and O–H groups in total. The maximum absolute atomic E-state index is 12.4. The lowest BCUT2D eigenvalue weighted by Crippen LogP contribution is -2.18. The average molecular weight is 515 g/mol. The lowest BCUT2D eigenvalue weighted by molar-refractivity contribution is 0.584. The van der Waals surface area contributed by atoms with Crippen molar-refractivity contribution in [2.45, 2.75) is 11.4 Å². The molecule has 0 radical (unpaired) electrons. The smallest absolute Gasteiger partial charge is 0.276 e. The molecule has 0 amide bonds. The van der Waals surface area contributed by atoms with E-state index in [0.717, 1.165) is 26.6 Å². The Hall–Kier alpha value is -2.65. The van der Waals surface area contributed by atoms with Gasteiger partial charge in [-0.05, 0) is 58.5 Å². The summed E-state index contributed by atoms with van der Waals surface area (Å²) >= 11 is 2.13. The summed E-state index contributed by atoms with van der Waals surface area (Å²) in [6, 6.07) is 24.8. The monoisotopic (exact) mass is 515 g/mol. The van der Waals surface area contributed by atoms with Crippen molar-refractivity contribution in [2.75, 3.05) is 0 Å². The highest BCUT2D eigenvalue weighted by atomic mass is 127. The second-order valence-electron chi connectivity index (χ2n) is 6.52. The third-order valence-electron chi connectivity index (χ3n) is 4.52. The number of aromatic nitrogens is 1. The lowest BCUT2D eigenvalue weighted by Gasteiger charge is -2.05. The van der Waals surface area contributed by atoms with E-state index in [1.807, 2.05) is 48.7 Å². The first-order chi connectivity index (χ1) is 14.0. The first-order valence-electron chi connectivity index (χ1n) is 8.95. The number of rotatable bonds is 6. The van der Waals surface area contributed by atoms with Crippen LogP contribution in [0, 0.1) is 3.57 Å². The van der Waals surface area contributed by atoms with Crippen molar-refractivity contribution in [1.82, 2.24) is 9.40 Å². The molecule has 0 bridgehead atoms. The first kappa shape index (κ1) is 19.7. The number of fused-ring (bicyclic) bond motifs is 1. The van der Waals surface area contributed by atoms with Gasteiger partial charge in [0.25, 0.3) is 10.0 Å². The van der Waals surface area contributed by atoms with Gasteiger partial charge >= 0.3 is 0 Å². The van der Waals surface area contributed by atoms with Crippen molar-refractivity contribution in [2.24, 2.45) is 5.10 Å². The summed E-state index contributed by atoms with van der Waals surface area (Å²) in [5.41, 5.74) is 3.11. The molecule has 0 unspecified atom stereocenters. The summed E-state index contributed by atoms with van der Waals surface area (Å²) in [5, 5.41) is 5.02. The van der Waals surface area contributed by atoms with Gasteiger partial charge in [-0.3, -0.25) is 0 Å². The molecule has 0 aliphatic carbocycles. The molecule has 1 heterocycles. The van der Waals surface area contributed by atoms with Crippen LogP contribution in [-0.4, -0.2) is 19.2 Å². The molecule has 3 aromatic carbocycles. The van der Waals surface area contributed by atoms with Crippen molar-refractivity contribution in [1.29, 1.82) is 0 Å². The van der Waals surface area contributed by atoms with Crippen LogP contribution < -0.4 is 4.83 Å². The number of hydrogen-bond donors (Lipinski definition) is 1. The number of benzene rings is 3. The summed E-state index contributed by atoms with van der Waals surface area (Å²) in [6.45, 7) is 0.726. The van der Waals surface area contributed by atoms with E-state index >= 15 is 0 Å². The predicted molar refractivity (Wildman–Crippen MR) is 125 cm³/mol. The number of nitrogens with one attached hydrogen (secondary N) is 1. The zero-order chi connectivity index (χ0) is 20.3. The summed E-state index contributed by atoms with van der Waals surface area (Å²) in [7, 11) is -3.70. The number of hydrogen-bond acceptors (Lipinski definition) is 3. The van der Waals surface area contributed by atoms with Crippen molar-refractivity contribution in [3.8, 4) is 0 Å². The number of nitrogens with zero attached hydrogens (tertiary/aromatic N) is 2. The Labute approximate surface area is 183 Å². The minimum Gasteiger partial charge on any atom is -0.342 e. The number of hydrazone groups is 1. The molecule has 4 aromatic rings. The molecule has 5 nitrogen and oxygen atoms in total. The van der Waals surface area contributed by atoms with E-state index in [0.29, 0.717) is 0 Å². The Kier molecular flexibility index (Phi) is 5.68. The van der Waals surface area contributed by atoms with Gasteiger partial charge in [-0.25, -0.2) is 4.83 Å². The fourth-order valence-electron chi connectivity index (χ4n) is 3.12. The fraction of sp³-hybridized carbons (Fsp3) is 0.0455. The molecule has 0 aliphatic rings. The lowest BCUT2D eigenvalue weighted by atomic mass is 10.2. The van der Waals surface area contributed by atoms with Gasteiger partial charge in [0.05, 0.1) is 11.1 Å². The standard InChI is InChI=1S/C22H18IN3O2S/c23-19-10-12-20(13-11-19)29(27,28)25-24-14-18-16-26(15-17-6-2-1-3-7-17)22-9-5-4-8-21(18)22/h1-14,16,25H,15H2/b24-14-. The molecule has 0 saturated heterocycles. The van der Waals surface area contributed by atoms with Crippen LogP contribution in [0.25, 0.3) is 10.9 Å². The van der Waals surface area contributed by atoms with Crippen LogP contribution >= 0.6 is 22.6 Å². The van der Waals surface area contributed by atoms with Crippen molar-refractivity contribution in [3.63, 3.8) is 0 Å². The molecule has 146 valence electrons. The normalized spacial score (nSPS) is 11.9. The van der Waals surface area contributed by atoms with Crippen molar-refractivity contribution in [3.05, 3.63) is 99.8 Å². The number of para-hydroxylation sites is 1. The third kappa shape index (κ3) is 4.51. The van der Waals surface area contributed by atoms with Crippen LogP contribution in [0.4, 0.5) is 0 Å². The molecule has 0 aliphatic heterocycles. The highest BCUT2D eigenvalue weighted by Gasteiger charge is 2.12. The molecule has 7 heteroatoms. The zero-order valence-electron chi connectivity index (χ0n) is 15.4. The molecule has 0 fully saturated rings. The maximum atomic E-state index is 12.4. The highest BCUT2D eigenvalue weighted by molar-refractivity contribution is 14.1. The highest BCUT2D eigenvalue weighted by Crippen LogP contribution is 2.21. The van der Waals surface area contributed by atoms with Crippen LogP contribution in [0.3, 0.4) is 0 Å². The topological polar surface area (TPSA) is 63.5 Å². The van der Waals surface area contributed by atoms with Crippen LogP contribution in [0.1, 0.15) is 11.1 Å². The molecule has 0 atom stereocenters. The Balaban J connectivity index is 1.60. The Bertz CT molecular complexity index is 1260. The van der Waals surface area contributed by atoms with E-state index < -0.39 is 10.0 Å². The molecule has 0 saturated carbocycles. The number of sulfonamides is 1. The van der Waals surface area contributed by atoms with Crippen LogP contribution in [-0.2, 0) is 16.6 Å². The number of halogens is 1. The molecule has 4 rings (SSSR count). The minimum atomic E-state index is -3.70. The van der Waals surface area contributed by atoms with E-state index in [1.54, 1.807) is 30.5 Å². The van der Waals surface area contributed by atoms with E-state index in [-0.39, 0.29) is 4.90 Å². The molecular weight excluding hydrogens is 497 g/mol. The molecular formula is C22H18IN3O2S. The molecule has 29 heavy (non-hydrogen) atoms. The quantitative estimate of drug-likeness (QED) is 0.232. The summed E-state index contributed by atoms with van der Waals surface area (Å²) < 4.78 is 27.9. The van der Waals surface area contributed by atoms with Gasteiger partial charge in [0, 0.05) is 32.8 Å². The van der Waals surface area contributed by atoms with E-state index in [9.17, 15) is 8.42 Å². The van der Waals surface area contributed by atoms with Gasteiger partial charge in [-0.15, -0.1) is 0 Å². The van der Waals surface area contributed by atoms with Crippen LogP contribution in [0.2, 0.25) is 0 Å². The van der Waals surface area contributed by atoms with E-state index in [1.165, 1.54) is 5.56 Å². The van der Waals surface area contributed by atoms with Gasteiger partial charge < -0.3 is 4.57 Å². The fourth-order valence-corrected chi connectivity index (χ4v) is 4.27. The SMILES string of the molecule is O=S(=O)(N/N=C\c1cn(Cc2ccccc2)c2ccccc12)c1ccc(I)cc1. The molecule has 1 aromatic heterocycles. The van der Waals surface area contributed by atoms with Gasteiger partial charge in [-0.2, -0.15) is 13.5 Å². The predicted octanol–water partition coefficient (Wildman–Crippen LogP) is 4.61. The van der Waals surface area contributed by atoms with Gasteiger partial charge in [-0.1, -0.05) is 48.5 Å². The third-order valence-corrected chi connectivity index (χ3v) is 6.47. The van der Waals surface area contributed by atoms with Gasteiger partial charge in [0.2, 0.25) is 0 Å². The Morgan fingerprint density at radius 2 is 1.62 bits per heavy atom. The van der Waals surface area contributed by atoms with E-state index in [2.05, 4.69) is 49.2 Å². The molecule has 0 spiro atoms. The van der Waals surface area contributed by atoms with E-state index in [4.69, 9.17) is 0 Å². The van der Waals surface area contributed by atoms with Crippen LogP contribution in [0.15, 0.2) is 95.1 Å². The second kappa shape index (κ2) is 8.38. The summed E-state index contributed by atoms with van der Waals surface area (Å²) in [6.07, 6.45) is 3.54. The average Bonchev–Trinajstić information content (AvgIpc) is 3.07. The Morgan fingerprint density at radius 3 is 2.38 bits per heavy atom. The van der Waals surface area contributed by atoms with Crippen molar-refractivity contribution >= 4 is 49.7 Å². The summed E-state index contributed by atoms with van der Waals surface area (Å²) in [5.74, 6) is 0. The minimum absolute atomic E-state index is 0.182. The van der Waals surface area contributed by atoms with Gasteiger partial charge in [0.1, 0.15) is 0 Å². The summed E-state index contributed by atoms with van der Waals surface area (Å²) in [4.78, 5) is 2.48. The second-order valence-corrected chi connectivity index (χ2v) is 9.43. The largest absolute Gasteiger partial charge is 0.342 e. The Morgan fingerprint density at radius 1 is 0.931 bits per heavy atom. The zero-order valence-corrected chi connectivity index (χ0v) is 18.3. The van der Waals surface area contributed by atoms with Crippen LogP contribution in [0.5, 0.6) is 0 Å². The maximum Gasteiger partial charge on any atom is 0.276 e. The van der Waals surface area contributed by atoms with Gasteiger partial charge in [0.15, 0.2) is 0 Å².